The van der Waals surface area contributed by atoms with Crippen LogP contribution in [0.15, 0.2) is 52.1 Å². The molecule has 1 aromatic heterocycles. The van der Waals surface area contributed by atoms with Crippen molar-refractivity contribution in [2.24, 2.45) is 4.99 Å². The Morgan fingerprint density at radius 3 is 2.44 bits per heavy atom. The number of furan rings is 1. The van der Waals surface area contributed by atoms with Gasteiger partial charge in [0, 0.05) is 39.8 Å². The quantitative estimate of drug-likeness (QED) is 0.643. The lowest BCUT2D eigenvalue weighted by Gasteiger charge is -2.36. The van der Waals surface area contributed by atoms with Crippen LogP contribution in [0.1, 0.15) is 16.1 Å². The van der Waals surface area contributed by atoms with E-state index in [0.717, 1.165) is 37.8 Å². The first kappa shape index (κ1) is 18.8. The second-order valence-corrected chi connectivity index (χ2v) is 6.33. The Morgan fingerprint density at radius 1 is 1.15 bits per heavy atom. The zero-order valence-electron chi connectivity index (χ0n) is 15.9. The number of guanidine groups is 1. The van der Waals surface area contributed by atoms with Crippen molar-refractivity contribution in [3.8, 4) is 5.75 Å². The molecule has 1 fully saturated rings. The van der Waals surface area contributed by atoms with Crippen LogP contribution < -0.4 is 10.1 Å². The fourth-order valence-electron chi connectivity index (χ4n) is 3.12. The first-order valence-electron chi connectivity index (χ1n) is 9.12. The molecule has 1 aliphatic heterocycles. The minimum atomic E-state index is -0.0536. The van der Waals surface area contributed by atoms with Crippen LogP contribution in [0.25, 0.3) is 0 Å². The van der Waals surface area contributed by atoms with Gasteiger partial charge in [-0.25, -0.2) is 0 Å². The average molecular weight is 370 g/mol. The van der Waals surface area contributed by atoms with E-state index in [2.05, 4.69) is 27.3 Å². The molecule has 0 unspecified atom stereocenters. The van der Waals surface area contributed by atoms with Gasteiger partial charge >= 0.3 is 0 Å². The molecular formula is C20H26N4O3. The molecule has 7 heteroatoms. The molecule has 0 atom stereocenters. The van der Waals surface area contributed by atoms with E-state index in [1.54, 1.807) is 26.3 Å². The number of carbonyl (C=O) groups excluding carboxylic acids is 1. The van der Waals surface area contributed by atoms with Crippen molar-refractivity contribution in [3.05, 3.63) is 54.0 Å². The molecule has 2 heterocycles. The highest BCUT2D eigenvalue weighted by atomic mass is 16.5. The maximum absolute atomic E-state index is 12.3. The number of hydrogen-bond donors (Lipinski definition) is 1. The minimum Gasteiger partial charge on any atom is -0.497 e. The number of methoxy groups -OCH3 is 1. The molecule has 1 aliphatic rings. The third-order valence-electron chi connectivity index (χ3n) is 4.67. The van der Waals surface area contributed by atoms with Gasteiger partial charge in [0.25, 0.3) is 5.91 Å². The number of rotatable bonds is 5. The molecule has 0 spiro atoms. The third-order valence-corrected chi connectivity index (χ3v) is 4.67. The Morgan fingerprint density at radius 2 is 1.85 bits per heavy atom. The molecule has 1 aromatic carbocycles. The first-order valence-corrected chi connectivity index (χ1v) is 9.12. The molecule has 0 saturated carbocycles. The number of carbonyl (C=O) groups is 1. The lowest BCUT2D eigenvalue weighted by atomic mass is 10.1. The topological polar surface area (TPSA) is 70.3 Å². The van der Waals surface area contributed by atoms with Crippen LogP contribution in [0.3, 0.4) is 0 Å². The summed E-state index contributed by atoms with van der Waals surface area (Å²) < 4.78 is 10.4. The van der Waals surface area contributed by atoms with Gasteiger partial charge in [-0.1, -0.05) is 12.1 Å². The van der Waals surface area contributed by atoms with Crippen LogP contribution >= 0.6 is 0 Å². The lowest BCUT2D eigenvalue weighted by Crippen LogP contribution is -2.53. The normalized spacial score (nSPS) is 15.0. The van der Waals surface area contributed by atoms with E-state index in [1.807, 2.05) is 17.0 Å². The smallest absolute Gasteiger partial charge is 0.289 e. The summed E-state index contributed by atoms with van der Waals surface area (Å²) >= 11 is 0. The Hall–Kier alpha value is -2.96. The van der Waals surface area contributed by atoms with Gasteiger partial charge in [0.05, 0.1) is 13.4 Å². The van der Waals surface area contributed by atoms with Crippen molar-refractivity contribution < 1.29 is 13.9 Å². The van der Waals surface area contributed by atoms with Crippen LogP contribution in [0.4, 0.5) is 0 Å². The molecule has 1 N–H and O–H groups in total. The maximum atomic E-state index is 12.3. The van der Waals surface area contributed by atoms with Crippen molar-refractivity contribution in [2.75, 3.05) is 46.9 Å². The SMILES string of the molecule is CN=C(NCCc1ccc(OC)cc1)N1CCN(C(=O)c2ccco2)CC1. The molecule has 0 bridgehead atoms. The van der Waals surface area contributed by atoms with Gasteiger partial charge in [0.1, 0.15) is 5.75 Å². The monoisotopic (exact) mass is 370 g/mol. The number of ether oxygens (including phenoxy) is 1. The molecule has 1 amide bonds. The first-order chi connectivity index (χ1) is 13.2. The van der Waals surface area contributed by atoms with E-state index in [0.29, 0.717) is 18.8 Å². The van der Waals surface area contributed by atoms with Gasteiger partial charge in [0.2, 0.25) is 0 Å². The number of nitrogens with zero attached hydrogens (tertiary/aromatic N) is 3. The third kappa shape index (κ3) is 4.81. The fraction of sp³-hybridized carbons (Fsp3) is 0.400. The van der Waals surface area contributed by atoms with Crippen molar-refractivity contribution >= 4 is 11.9 Å². The lowest BCUT2D eigenvalue weighted by molar-refractivity contribution is 0.0658. The Labute approximate surface area is 159 Å². The van der Waals surface area contributed by atoms with Gasteiger partial charge in [-0.15, -0.1) is 0 Å². The van der Waals surface area contributed by atoms with Gasteiger partial charge in [-0.3, -0.25) is 9.79 Å². The van der Waals surface area contributed by atoms with E-state index in [-0.39, 0.29) is 5.91 Å². The molecule has 144 valence electrons. The molecular weight excluding hydrogens is 344 g/mol. The van der Waals surface area contributed by atoms with E-state index < -0.39 is 0 Å². The van der Waals surface area contributed by atoms with Gasteiger partial charge in [-0.05, 0) is 36.2 Å². The number of benzene rings is 1. The van der Waals surface area contributed by atoms with Crippen molar-refractivity contribution in [1.82, 2.24) is 15.1 Å². The second-order valence-electron chi connectivity index (χ2n) is 6.33. The number of aliphatic imine (C=N–C) groups is 1. The summed E-state index contributed by atoms with van der Waals surface area (Å²) in [6.07, 6.45) is 2.43. The summed E-state index contributed by atoms with van der Waals surface area (Å²) in [6.45, 7) is 3.59. The maximum Gasteiger partial charge on any atom is 0.289 e. The Bertz CT molecular complexity index is 748. The largest absolute Gasteiger partial charge is 0.497 e. The van der Waals surface area contributed by atoms with E-state index >= 15 is 0 Å². The van der Waals surface area contributed by atoms with Crippen LogP contribution in [-0.2, 0) is 6.42 Å². The van der Waals surface area contributed by atoms with Crippen LogP contribution in [-0.4, -0.2) is 68.5 Å². The van der Waals surface area contributed by atoms with E-state index in [1.165, 1.54) is 11.8 Å². The van der Waals surface area contributed by atoms with Crippen molar-refractivity contribution in [3.63, 3.8) is 0 Å². The summed E-state index contributed by atoms with van der Waals surface area (Å²) in [5.74, 6) is 2.07. The van der Waals surface area contributed by atoms with E-state index in [9.17, 15) is 4.79 Å². The van der Waals surface area contributed by atoms with E-state index in [4.69, 9.17) is 9.15 Å². The highest BCUT2D eigenvalue weighted by Gasteiger charge is 2.24. The molecule has 0 aliphatic carbocycles. The second kappa shape index (κ2) is 9.12. The average Bonchev–Trinajstić information content (AvgIpc) is 3.26. The minimum absolute atomic E-state index is 0.0536. The van der Waals surface area contributed by atoms with Crippen molar-refractivity contribution in [2.45, 2.75) is 6.42 Å². The molecule has 1 saturated heterocycles. The summed E-state index contributed by atoms with van der Waals surface area (Å²) in [5, 5.41) is 3.41. The van der Waals surface area contributed by atoms with Gasteiger partial charge in [-0.2, -0.15) is 0 Å². The predicted octanol–water partition coefficient (Wildman–Crippen LogP) is 1.86. The zero-order valence-corrected chi connectivity index (χ0v) is 15.9. The highest BCUT2D eigenvalue weighted by molar-refractivity contribution is 5.91. The number of hydrogen-bond acceptors (Lipinski definition) is 4. The molecule has 2 aromatic rings. The van der Waals surface area contributed by atoms with Gasteiger partial charge < -0.3 is 24.3 Å². The summed E-state index contributed by atoms with van der Waals surface area (Å²) in [5.41, 5.74) is 1.24. The Balaban J connectivity index is 1.45. The van der Waals surface area contributed by atoms with Crippen molar-refractivity contribution in [1.29, 1.82) is 0 Å². The molecule has 7 nitrogen and oxygen atoms in total. The predicted molar refractivity (Wildman–Crippen MR) is 104 cm³/mol. The van der Waals surface area contributed by atoms with Crippen LogP contribution in [0, 0.1) is 0 Å². The summed E-state index contributed by atoms with van der Waals surface area (Å²) in [4.78, 5) is 20.7. The van der Waals surface area contributed by atoms with Gasteiger partial charge in [0.15, 0.2) is 11.7 Å². The number of amides is 1. The standard InChI is InChI=1S/C20H26N4O3/c1-21-20(22-10-9-16-5-7-17(26-2)8-6-16)24-13-11-23(12-14-24)19(25)18-4-3-15-27-18/h3-8,15H,9-14H2,1-2H3,(H,21,22). The van der Waals surface area contributed by atoms with Crippen LogP contribution in [0.2, 0.25) is 0 Å². The Kier molecular flexibility index (Phi) is 6.35. The number of nitrogens with one attached hydrogen (secondary N) is 1. The number of piperazine rings is 1. The summed E-state index contributed by atoms with van der Waals surface area (Å²) in [7, 11) is 3.46. The highest BCUT2D eigenvalue weighted by Crippen LogP contribution is 2.12. The molecule has 3 rings (SSSR count). The molecule has 27 heavy (non-hydrogen) atoms. The molecule has 0 radical (unpaired) electrons. The van der Waals surface area contributed by atoms with Crippen LogP contribution in [0.5, 0.6) is 5.75 Å². The zero-order chi connectivity index (χ0) is 19.1. The fourth-order valence-corrected chi connectivity index (χ4v) is 3.12. The summed E-state index contributed by atoms with van der Waals surface area (Å²) in [6, 6.07) is 11.5.